The van der Waals surface area contributed by atoms with E-state index in [2.05, 4.69) is 28.1 Å². The molecule has 1 aliphatic rings. The number of amides is 1. The summed E-state index contributed by atoms with van der Waals surface area (Å²) in [6.45, 7) is 1.61. The standard InChI is InChI=1S/C20H22BrNO2/c1-24-19-11-7-15(8-12-19)17-4-2-3-13-22(14-17)20(23)16-5-9-18(21)10-6-16/h5-12,17H,2-4,13-14H2,1H3/t17-/m1/s1. The molecule has 2 aromatic carbocycles. The number of rotatable bonds is 3. The van der Waals surface area contributed by atoms with Crippen molar-refractivity contribution in [2.24, 2.45) is 0 Å². The van der Waals surface area contributed by atoms with Crippen LogP contribution in [0.1, 0.15) is 41.1 Å². The molecule has 3 nitrogen and oxygen atoms in total. The fourth-order valence-electron chi connectivity index (χ4n) is 3.25. The summed E-state index contributed by atoms with van der Waals surface area (Å²) in [5, 5.41) is 0. The minimum Gasteiger partial charge on any atom is -0.497 e. The predicted molar refractivity (Wildman–Crippen MR) is 99.6 cm³/mol. The summed E-state index contributed by atoms with van der Waals surface area (Å²) in [6, 6.07) is 15.9. The van der Waals surface area contributed by atoms with Crippen LogP contribution in [0.5, 0.6) is 5.75 Å². The molecule has 1 amide bonds. The van der Waals surface area contributed by atoms with Gasteiger partial charge in [0, 0.05) is 29.0 Å². The molecule has 1 saturated heterocycles. The summed E-state index contributed by atoms with van der Waals surface area (Å²) >= 11 is 3.42. The van der Waals surface area contributed by atoms with Gasteiger partial charge in [0.1, 0.15) is 5.75 Å². The Hall–Kier alpha value is -1.81. The lowest BCUT2D eigenvalue weighted by molar-refractivity contribution is 0.0754. The number of benzene rings is 2. The molecule has 0 N–H and O–H groups in total. The fraction of sp³-hybridized carbons (Fsp3) is 0.350. The van der Waals surface area contributed by atoms with Gasteiger partial charge < -0.3 is 9.64 Å². The highest BCUT2D eigenvalue weighted by Crippen LogP contribution is 2.28. The third-order valence-corrected chi connectivity index (χ3v) is 5.17. The SMILES string of the molecule is COc1ccc([C@@H]2CCCCN(C(=O)c3ccc(Br)cc3)C2)cc1. The van der Waals surface area contributed by atoms with Gasteiger partial charge in [0.05, 0.1) is 7.11 Å². The second-order valence-electron chi connectivity index (χ2n) is 6.22. The van der Waals surface area contributed by atoms with Crippen LogP contribution in [0.4, 0.5) is 0 Å². The molecule has 2 aromatic rings. The normalized spacial score (nSPS) is 18.1. The molecule has 0 spiro atoms. The van der Waals surface area contributed by atoms with Crippen molar-refractivity contribution < 1.29 is 9.53 Å². The molecule has 126 valence electrons. The van der Waals surface area contributed by atoms with Gasteiger partial charge in [-0.15, -0.1) is 0 Å². The molecule has 1 fully saturated rings. The average molecular weight is 388 g/mol. The van der Waals surface area contributed by atoms with Crippen LogP contribution in [0, 0.1) is 0 Å². The highest BCUT2D eigenvalue weighted by molar-refractivity contribution is 9.10. The maximum atomic E-state index is 12.8. The number of carbonyl (C=O) groups excluding carboxylic acids is 1. The minimum atomic E-state index is 0.128. The second-order valence-corrected chi connectivity index (χ2v) is 7.14. The summed E-state index contributed by atoms with van der Waals surface area (Å²) in [6.07, 6.45) is 3.34. The number of methoxy groups -OCH3 is 1. The molecule has 4 heteroatoms. The molecule has 1 atom stereocenters. The summed E-state index contributed by atoms with van der Waals surface area (Å²) in [5.74, 6) is 1.39. The molecule has 0 aliphatic carbocycles. The van der Waals surface area contributed by atoms with Gasteiger partial charge in [-0.1, -0.05) is 34.5 Å². The van der Waals surface area contributed by atoms with Crippen molar-refractivity contribution in [3.63, 3.8) is 0 Å². The van der Waals surface area contributed by atoms with E-state index >= 15 is 0 Å². The van der Waals surface area contributed by atoms with Crippen molar-refractivity contribution in [2.75, 3.05) is 20.2 Å². The number of likely N-dealkylation sites (tertiary alicyclic amines) is 1. The van der Waals surface area contributed by atoms with Crippen molar-refractivity contribution in [3.8, 4) is 5.75 Å². The Kier molecular flexibility index (Phi) is 5.56. The quantitative estimate of drug-likeness (QED) is 0.751. The first-order valence-electron chi connectivity index (χ1n) is 8.36. The van der Waals surface area contributed by atoms with Crippen molar-refractivity contribution in [1.82, 2.24) is 4.90 Å². The van der Waals surface area contributed by atoms with Crippen LogP contribution in [0.3, 0.4) is 0 Å². The van der Waals surface area contributed by atoms with Gasteiger partial charge in [-0.05, 0) is 54.8 Å². The van der Waals surface area contributed by atoms with Gasteiger partial charge in [0.2, 0.25) is 0 Å². The molecule has 0 aromatic heterocycles. The molecule has 24 heavy (non-hydrogen) atoms. The first-order valence-corrected chi connectivity index (χ1v) is 9.15. The summed E-state index contributed by atoms with van der Waals surface area (Å²) in [7, 11) is 1.68. The first kappa shape index (κ1) is 17.0. The van der Waals surface area contributed by atoms with E-state index in [4.69, 9.17) is 4.74 Å². The zero-order valence-corrected chi connectivity index (χ0v) is 15.5. The van der Waals surface area contributed by atoms with Crippen LogP contribution in [-0.2, 0) is 0 Å². The lowest BCUT2D eigenvalue weighted by atomic mass is 9.94. The zero-order chi connectivity index (χ0) is 16.9. The van der Waals surface area contributed by atoms with Crippen LogP contribution >= 0.6 is 15.9 Å². The fourth-order valence-corrected chi connectivity index (χ4v) is 3.51. The molecular formula is C20H22BrNO2. The Labute approximate surface area is 151 Å². The molecule has 0 saturated carbocycles. The van der Waals surface area contributed by atoms with E-state index < -0.39 is 0 Å². The molecule has 0 bridgehead atoms. The molecule has 0 radical (unpaired) electrons. The maximum absolute atomic E-state index is 12.8. The lowest BCUT2D eigenvalue weighted by Gasteiger charge is -2.25. The number of carbonyl (C=O) groups is 1. The number of hydrogen-bond acceptors (Lipinski definition) is 2. The van der Waals surface area contributed by atoms with Crippen LogP contribution < -0.4 is 4.74 Å². The summed E-state index contributed by atoms with van der Waals surface area (Å²) in [4.78, 5) is 14.8. The third-order valence-electron chi connectivity index (χ3n) is 4.64. The van der Waals surface area contributed by atoms with Crippen molar-refractivity contribution in [3.05, 3.63) is 64.1 Å². The van der Waals surface area contributed by atoms with Crippen molar-refractivity contribution in [2.45, 2.75) is 25.2 Å². The van der Waals surface area contributed by atoms with E-state index in [1.165, 1.54) is 5.56 Å². The van der Waals surface area contributed by atoms with Crippen molar-refractivity contribution >= 4 is 21.8 Å². The topological polar surface area (TPSA) is 29.5 Å². The first-order chi connectivity index (χ1) is 11.7. The highest BCUT2D eigenvalue weighted by Gasteiger charge is 2.24. The van der Waals surface area contributed by atoms with Gasteiger partial charge in [-0.2, -0.15) is 0 Å². The smallest absolute Gasteiger partial charge is 0.253 e. The second kappa shape index (κ2) is 7.84. The molecular weight excluding hydrogens is 366 g/mol. The van der Waals surface area contributed by atoms with E-state index in [1.807, 2.05) is 41.3 Å². The largest absolute Gasteiger partial charge is 0.497 e. The molecule has 1 aliphatic heterocycles. The highest BCUT2D eigenvalue weighted by atomic mass is 79.9. The Balaban J connectivity index is 1.76. The number of ether oxygens (including phenoxy) is 1. The van der Waals surface area contributed by atoms with E-state index in [9.17, 15) is 4.79 Å². The average Bonchev–Trinajstić information content (AvgIpc) is 2.88. The predicted octanol–water partition coefficient (Wildman–Crippen LogP) is 4.87. The zero-order valence-electron chi connectivity index (χ0n) is 13.9. The number of halogens is 1. The maximum Gasteiger partial charge on any atom is 0.253 e. The van der Waals surface area contributed by atoms with E-state index in [-0.39, 0.29) is 5.91 Å². The van der Waals surface area contributed by atoms with Gasteiger partial charge in [0.25, 0.3) is 5.91 Å². The van der Waals surface area contributed by atoms with Gasteiger partial charge in [0.15, 0.2) is 0 Å². The van der Waals surface area contributed by atoms with Crippen LogP contribution in [-0.4, -0.2) is 31.0 Å². The summed E-state index contributed by atoms with van der Waals surface area (Å²) < 4.78 is 6.23. The number of hydrogen-bond donors (Lipinski definition) is 0. The Morgan fingerprint density at radius 2 is 1.79 bits per heavy atom. The van der Waals surface area contributed by atoms with Crippen LogP contribution in [0.2, 0.25) is 0 Å². The van der Waals surface area contributed by atoms with Crippen LogP contribution in [0.25, 0.3) is 0 Å². The number of nitrogens with zero attached hydrogens (tertiary/aromatic N) is 1. The Morgan fingerprint density at radius 1 is 1.08 bits per heavy atom. The van der Waals surface area contributed by atoms with E-state index in [0.717, 1.165) is 48.1 Å². The monoisotopic (exact) mass is 387 g/mol. The molecule has 1 heterocycles. The Bertz CT molecular complexity index is 682. The van der Waals surface area contributed by atoms with Gasteiger partial charge >= 0.3 is 0 Å². The third kappa shape index (κ3) is 3.99. The van der Waals surface area contributed by atoms with Gasteiger partial charge in [-0.3, -0.25) is 4.79 Å². The van der Waals surface area contributed by atoms with E-state index in [1.54, 1.807) is 7.11 Å². The summed E-state index contributed by atoms with van der Waals surface area (Å²) in [5.41, 5.74) is 2.04. The van der Waals surface area contributed by atoms with E-state index in [0.29, 0.717) is 5.92 Å². The molecule has 3 rings (SSSR count). The Morgan fingerprint density at radius 3 is 2.46 bits per heavy atom. The molecule has 0 unspecified atom stereocenters. The van der Waals surface area contributed by atoms with Gasteiger partial charge in [-0.25, -0.2) is 0 Å². The lowest BCUT2D eigenvalue weighted by Crippen LogP contribution is -2.34. The minimum absolute atomic E-state index is 0.128. The van der Waals surface area contributed by atoms with Crippen LogP contribution in [0.15, 0.2) is 53.0 Å². The van der Waals surface area contributed by atoms with Crippen molar-refractivity contribution in [1.29, 1.82) is 0 Å².